The van der Waals surface area contributed by atoms with Gasteiger partial charge >= 0.3 is 0 Å². The molecule has 1 aliphatic carbocycles. The van der Waals surface area contributed by atoms with E-state index < -0.39 is 0 Å². The van der Waals surface area contributed by atoms with Crippen LogP contribution in [0.3, 0.4) is 0 Å². The van der Waals surface area contributed by atoms with Crippen LogP contribution in [0.15, 0.2) is 0 Å². The van der Waals surface area contributed by atoms with E-state index in [0.717, 1.165) is 0 Å². The summed E-state index contributed by atoms with van der Waals surface area (Å²) in [5, 5.41) is 7.57. The summed E-state index contributed by atoms with van der Waals surface area (Å²) >= 11 is 0. The molecule has 1 rings (SSSR count). The molecule has 0 saturated heterocycles. The molecular formula is C8H21NO. The highest BCUT2D eigenvalue weighted by Crippen LogP contribution is 2.14. The van der Waals surface area contributed by atoms with Gasteiger partial charge < -0.3 is 10.8 Å². The Labute approximate surface area is 64.9 Å². The van der Waals surface area contributed by atoms with E-state index in [4.69, 9.17) is 10.8 Å². The van der Waals surface area contributed by atoms with Gasteiger partial charge in [0.05, 0.1) is 0 Å². The van der Waals surface area contributed by atoms with Gasteiger partial charge in [0.15, 0.2) is 0 Å². The molecule has 0 atom stereocenters. The normalized spacial score (nSPS) is 19.5. The molecule has 0 radical (unpaired) electrons. The lowest BCUT2D eigenvalue weighted by molar-refractivity contribution is 0.318. The molecule has 0 aromatic carbocycles. The molecule has 64 valence electrons. The highest BCUT2D eigenvalue weighted by atomic mass is 16.2. The number of aliphatic hydroxyl groups is 1. The lowest BCUT2D eigenvalue weighted by Crippen LogP contribution is -2.22. The second-order valence-corrected chi connectivity index (χ2v) is 2.71. The lowest BCUT2D eigenvalue weighted by Gasteiger charge is -2.15. The van der Waals surface area contributed by atoms with Crippen LogP contribution < -0.4 is 5.73 Å². The minimum atomic E-state index is 0. The summed E-state index contributed by atoms with van der Waals surface area (Å²) in [4.78, 5) is 0. The Morgan fingerprint density at radius 2 is 1.80 bits per heavy atom. The molecule has 2 nitrogen and oxygen atoms in total. The number of hydrogen-bond acceptors (Lipinski definition) is 2. The molecule has 2 heteroatoms. The molecule has 0 unspecified atom stereocenters. The largest absolute Gasteiger partial charge is 0.397 e. The van der Waals surface area contributed by atoms with Gasteiger partial charge in [-0.25, -0.2) is 0 Å². The van der Waals surface area contributed by atoms with Crippen LogP contribution in [0.25, 0.3) is 0 Å². The topological polar surface area (TPSA) is 46.2 Å². The van der Waals surface area contributed by atoms with E-state index in [9.17, 15) is 0 Å². The van der Waals surface area contributed by atoms with E-state index in [-0.39, 0.29) is 8.03 Å². The fourth-order valence-corrected chi connectivity index (χ4v) is 1.13. The second-order valence-electron chi connectivity index (χ2n) is 2.71. The Hall–Kier alpha value is -0.0800. The van der Waals surface area contributed by atoms with Crippen LogP contribution in [0.2, 0.25) is 0 Å². The van der Waals surface area contributed by atoms with Crippen LogP contribution in [0.4, 0.5) is 0 Å². The quantitative estimate of drug-likeness (QED) is 0.545. The van der Waals surface area contributed by atoms with Crippen molar-refractivity contribution in [1.82, 2.24) is 0 Å². The fraction of sp³-hybridized carbons (Fsp3) is 1.00. The predicted octanol–water partition coefficient (Wildman–Crippen LogP) is 1.52. The van der Waals surface area contributed by atoms with Gasteiger partial charge in [0.2, 0.25) is 0 Å². The number of hydrogen-bond donors (Lipinski definition) is 2. The average molecular weight is 147 g/mol. The van der Waals surface area contributed by atoms with Gasteiger partial charge in [0, 0.05) is 14.1 Å². The molecule has 0 aromatic rings. The molecule has 0 aliphatic heterocycles. The van der Waals surface area contributed by atoms with Crippen molar-refractivity contribution in [3.63, 3.8) is 0 Å². The maximum Gasteiger partial charge on any atom is 0.0402 e. The minimum Gasteiger partial charge on any atom is -0.397 e. The zero-order valence-corrected chi connectivity index (χ0v) is 6.84. The summed E-state index contributed by atoms with van der Waals surface area (Å²) < 4.78 is 0. The van der Waals surface area contributed by atoms with Crippen LogP contribution in [-0.2, 0) is 0 Å². The van der Waals surface area contributed by atoms with Gasteiger partial charge in [0.1, 0.15) is 0 Å². The molecular weight excluding hydrogens is 126 g/mol. The van der Waals surface area contributed by atoms with Crippen molar-refractivity contribution < 1.29 is 6.53 Å². The van der Waals surface area contributed by atoms with Gasteiger partial charge in [0.25, 0.3) is 0 Å². The van der Waals surface area contributed by atoms with Crippen molar-refractivity contribution in [1.29, 1.82) is 0 Å². The van der Waals surface area contributed by atoms with E-state index in [0.29, 0.717) is 6.04 Å². The Bertz CT molecular complexity index is 65.1. The van der Waals surface area contributed by atoms with Gasteiger partial charge in [-0.05, 0) is 19.8 Å². The summed E-state index contributed by atoms with van der Waals surface area (Å²) in [6.07, 6.45) is 6.66. The lowest BCUT2D eigenvalue weighted by atomic mass is 9.97. The van der Waals surface area contributed by atoms with Crippen molar-refractivity contribution in [2.24, 2.45) is 5.73 Å². The number of rotatable bonds is 0. The molecule has 3 N–H and O–H groups in total. The first-order valence-electron chi connectivity index (χ1n) is 4.17. The van der Waals surface area contributed by atoms with Crippen molar-refractivity contribution in [2.45, 2.75) is 45.1 Å². The molecule has 0 aromatic heterocycles. The Kier molecular flexibility index (Phi) is 6.98. The zero-order chi connectivity index (χ0) is 7.82. The third kappa shape index (κ3) is 6.05. The van der Waals surface area contributed by atoms with E-state index in [1.54, 1.807) is 6.92 Å². The van der Waals surface area contributed by atoms with Crippen LogP contribution in [-0.4, -0.2) is 17.8 Å². The average Bonchev–Trinajstić information content (AvgIpc) is 1.91. The van der Waals surface area contributed by atoms with Crippen LogP contribution in [0.1, 0.15) is 40.5 Å². The first kappa shape index (κ1) is 9.92. The molecule has 0 bridgehead atoms. The Morgan fingerprint density at radius 3 is 2.00 bits per heavy atom. The van der Waals surface area contributed by atoms with E-state index in [1.807, 2.05) is 0 Å². The van der Waals surface area contributed by atoms with Crippen LogP contribution in [0, 0.1) is 0 Å². The van der Waals surface area contributed by atoms with Gasteiger partial charge in [-0.1, -0.05) is 19.3 Å². The van der Waals surface area contributed by atoms with Crippen LogP contribution >= 0.6 is 0 Å². The summed E-state index contributed by atoms with van der Waals surface area (Å²) in [7, 11) is 0. The van der Waals surface area contributed by atoms with E-state index >= 15 is 0 Å². The third-order valence-electron chi connectivity index (χ3n) is 1.65. The summed E-state index contributed by atoms with van der Waals surface area (Å²) in [6, 6.07) is 0.536. The van der Waals surface area contributed by atoms with Gasteiger partial charge in [-0.15, -0.1) is 0 Å². The maximum atomic E-state index is 7.57. The molecule has 10 heavy (non-hydrogen) atoms. The molecule has 0 amide bonds. The summed E-state index contributed by atoms with van der Waals surface area (Å²) in [6.45, 7) is 1.93. The fourth-order valence-electron chi connectivity index (χ4n) is 1.13. The van der Waals surface area contributed by atoms with Crippen molar-refractivity contribution in [3.05, 3.63) is 0 Å². The molecule has 0 spiro atoms. The molecule has 1 aliphatic rings. The highest BCUT2D eigenvalue weighted by molar-refractivity contribution is 4.66. The predicted molar refractivity (Wildman–Crippen MR) is 45.9 cm³/mol. The minimum absolute atomic E-state index is 0. The smallest absolute Gasteiger partial charge is 0.0402 e. The van der Waals surface area contributed by atoms with Crippen molar-refractivity contribution >= 4 is 0 Å². The van der Waals surface area contributed by atoms with Gasteiger partial charge in [-0.3, -0.25) is 0 Å². The first-order valence-corrected chi connectivity index (χ1v) is 4.17. The summed E-state index contributed by atoms with van der Waals surface area (Å²) in [5.41, 5.74) is 5.63. The summed E-state index contributed by atoms with van der Waals surface area (Å²) in [5.74, 6) is 0. The second kappa shape index (κ2) is 7.03. The molecule has 1 saturated carbocycles. The maximum absolute atomic E-state index is 7.57. The van der Waals surface area contributed by atoms with Crippen molar-refractivity contribution in [2.75, 3.05) is 6.61 Å². The molecule has 0 heterocycles. The standard InChI is InChI=1S/C6H13N.C2H6O.H2/c7-6-4-2-1-3-5-6;1-2-3;/h6H,1-5,7H2;3H,2H2,1H3;1H. The zero-order valence-electron chi connectivity index (χ0n) is 6.84. The molecule has 1 fully saturated rings. The van der Waals surface area contributed by atoms with E-state index in [1.165, 1.54) is 32.1 Å². The van der Waals surface area contributed by atoms with Gasteiger partial charge in [-0.2, -0.15) is 0 Å². The highest BCUT2D eigenvalue weighted by Gasteiger charge is 2.06. The van der Waals surface area contributed by atoms with E-state index in [2.05, 4.69) is 0 Å². The number of aliphatic hydroxyl groups excluding tert-OH is 1. The van der Waals surface area contributed by atoms with Crippen LogP contribution in [0.5, 0.6) is 0 Å². The third-order valence-corrected chi connectivity index (χ3v) is 1.65. The van der Waals surface area contributed by atoms with Crippen molar-refractivity contribution in [3.8, 4) is 0 Å². The Morgan fingerprint density at radius 1 is 1.40 bits per heavy atom. The first-order chi connectivity index (χ1) is 4.81. The number of nitrogens with two attached hydrogens (primary N) is 1. The monoisotopic (exact) mass is 147 g/mol. The Balaban J connectivity index is 0. The SMILES string of the molecule is CCO.NC1CCCCC1.[HH].